The first-order valence-electron chi connectivity index (χ1n) is 10.9. The number of methoxy groups -OCH3 is 1. The van der Waals surface area contributed by atoms with Crippen LogP contribution in [0, 0.1) is 0 Å². The van der Waals surface area contributed by atoms with Crippen molar-refractivity contribution in [3.8, 4) is 11.5 Å². The molecule has 1 unspecified atom stereocenters. The Labute approximate surface area is 187 Å². The van der Waals surface area contributed by atoms with Crippen LogP contribution in [0.25, 0.3) is 5.76 Å². The SMILES string of the molecule is CCCCN1C(=O)C(=O)/C(=C(\O)c2ccc3c(c2)N(C)CCO3)C1c1ccc(OC)cc1. The van der Waals surface area contributed by atoms with Gasteiger partial charge in [-0.15, -0.1) is 0 Å². The number of aliphatic hydroxyl groups is 1. The molecule has 2 aromatic rings. The Hall–Kier alpha value is -3.48. The highest BCUT2D eigenvalue weighted by molar-refractivity contribution is 6.46. The van der Waals surface area contributed by atoms with Crippen LogP contribution < -0.4 is 14.4 Å². The number of Topliss-reactive ketones (excluding diaryl/α,β-unsaturated/α-hetero) is 1. The molecule has 1 atom stereocenters. The predicted octanol–water partition coefficient (Wildman–Crippen LogP) is 3.75. The zero-order chi connectivity index (χ0) is 22.8. The Morgan fingerprint density at radius 1 is 1.19 bits per heavy atom. The first-order valence-corrected chi connectivity index (χ1v) is 10.9. The molecule has 4 rings (SSSR count). The summed E-state index contributed by atoms with van der Waals surface area (Å²) in [7, 11) is 3.53. The Kier molecular flexibility index (Phi) is 6.08. The second-order valence-corrected chi connectivity index (χ2v) is 8.07. The van der Waals surface area contributed by atoms with Crippen molar-refractivity contribution in [1.82, 2.24) is 4.90 Å². The topological polar surface area (TPSA) is 79.3 Å². The number of nitrogens with zero attached hydrogens (tertiary/aromatic N) is 2. The van der Waals surface area contributed by atoms with E-state index < -0.39 is 17.7 Å². The molecule has 1 N–H and O–H groups in total. The zero-order valence-electron chi connectivity index (χ0n) is 18.6. The van der Waals surface area contributed by atoms with E-state index in [4.69, 9.17) is 9.47 Å². The summed E-state index contributed by atoms with van der Waals surface area (Å²) in [5, 5.41) is 11.3. The van der Waals surface area contributed by atoms with E-state index in [1.54, 1.807) is 42.3 Å². The van der Waals surface area contributed by atoms with Gasteiger partial charge in [0.05, 0.1) is 31.0 Å². The summed E-state index contributed by atoms with van der Waals surface area (Å²) in [6.07, 6.45) is 1.65. The van der Waals surface area contributed by atoms with Crippen LogP contribution in [0.1, 0.15) is 36.9 Å². The fourth-order valence-corrected chi connectivity index (χ4v) is 4.23. The molecule has 1 amide bonds. The lowest BCUT2D eigenvalue weighted by molar-refractivity contribution is -0.139. The number of carbonyl (C=O) groups is 2. The number of amides is 1. The van der Waals surface area contributed by atoms with Gasteiger partial charge < -0.3 is 24.4 Å². The minimum Gasteiger partial charge on any atom is -0.507 e. The molecule has 2 aliphatic heterocycles. The third-order valence-corrected chi connectivity index (χ3v) is 6.05. The number of rotatable bonds is 6. The maximum atomic E-state index is 13.1. The lowest BCUT2D eigenvalue weighted by Crippen LogP contribution is -2.30. The van der Waals surface area contributed by atoms with E-state index in [1.807, 2.05) is 31.0 Å². The van der Waals surface area contributed by atoms with Crippen LogP contribution in [0.15, 0.2) is 48.0 Å². The number of carbonyl (C=O) groups excluding carboxylic acids is 2. The van der Waals surface area contributed by atoms with Crippen molar-refractivity contribution in [3.63, 3.8) is 0 Å². The van der Waals surface area contributed by atoms with Crippen molar-refractivity contribution in [2.45, 2.75) is 25.8 Å². The normalized spacial score (nSPS) is 19.7. The number of hydrogen-bond acceptors (Lipinski definition) is 6. The lowest BCUT2D eigenvalue weighted by Gasteiger charge is -2.28. The molecule has 0 spiro atoms. The van der Waals surface area contributed by atoms with Crippen LogP contribution in [0.4, 0.5) is 5.69 Å². The first kappa shape index (κ1) is 21.7. The molecule has 1 fully saturated rings. The number of likely N-dealkylation sites (N-methyl/N-ethyl adjacent to an activating group) is 1. The molecule has 7 nitrogen and oxygen atoms in total. The zero-order valence-corrected chi connectivity index (χ0v) is 18.6. The molecule has 0 aliphatic carbocycles. The van der Waals surface area contributed by atoms with Crippen LogP contribution in [-0.2, 0) is 9.59 Å². The van der Waals surface area contributed by atoms with E-state index in [1.165, 1.54) is 0 Å². The van der Waals surface area contributed by atoms with Gasteiger partial charge in [-0.1, -0.05) is 25.5 Å². The number of aliphatic hydroxyl groups excluding tert-OH is 1. The van der Waals surface area contributed by atoms with Gasteiger partial charge in [0.25, 0.3) is 11.7 Å². The molecule has 1 saturated heterocycles. The molecular formula is C25H28N2O5. The smallest absolute Gasteiger partial charge is 0.295 e. The number of ketones is 1. The number of ether oxygens (including phenoxy) is 2. The van der Waals surface area contributed by atoms with E-state index in [0.29, 0.717) is 24.5 Å². The van der Waals surface area contributed by atoms with Crippen LogP contribution in [0.3, 0.4) is 0 Å². The van der Waals surface area contributed by atoms with Gasteiger partial charge in [-0.25, -0.2) is 0 Å². The van der Waals surface area contributed by atoms with Gasteiger partial charge in [0.2, 0.25) is 0 Å². The van der Waals surface area contributed by atoms with Crippen molar-refractivity contribution in [3.05, 3.63) is 59.2 Å². The number of benzene rings is 2. The Balaban J connectivity index is 1.83. The Morgan fingerprint density at radius 2 is 1.94 bits per heavy atom. The minimum atomic E-state index is -0.665. The van der Waals surface area contributed by atoms with E-state index in [2.05, 4.69) is 0 Å². The molecule has 32 heavy (non-hydrogen) atoms. The summed E-state index contributed by atoms with van der Waals surface area (Å²) in [5.41, 5.74) is 2.17. The minimum absolute atomic E-state index is 0.107. The van der Waals surface area contributed by atoms with Gasteiger partial charge in [-0.3, -0.25) is 9.59 Å². The fraction of sp³-hybridized carbons (Fsp3) is 0.360. The van der Waals surface area contributed by atoms with E-state index >= 15 is 0 Å². The van der Waals surface area contributed by atoms with E-state index in [9.17, 15) is 14.7 Å². The maximum absolute atomic E-state index is 13.1. The highest BCUT2D eigenvalue weighted by atomic mass is 16.5. The number of likely N-dealkylation sites (tertiary alicyclic amines) is 1. The molecule has 2 aromatic carbocycles. The Morgan fingerprint density at radius 3 is 2.62 bits per heavy atom. The molecule has 2 aliphatic rings. The van der Waals surface area contributed by atoms with E-state index in [0.717, 1.165) is 36.4 Å². The summed E-state index contributed by atoms with van der Waals surface area (Å²) < 4.78 is 10.9. The average molecular weight is 437 g/mol. The van der Waals surface area contributed by atoms with Crippen LogP contribution >= 0.6 is 0 Å². The second kappa shape index (κ2) is 8.94. The summed E-state index contributed by atoms with van der Waals surface area (Å²) >= 11 is 0. The summed E-state index contributed by atoms with van der Waals surface area (Å²) in [5.74, 6) is -0.0201. The highest BCUT2D eigenvalue weighted by Gasteiger charge is 2.45. The molecule has 0 radical (unpaired) electrons. The van der Waals surface area contributed by atoms with Gasteiger partial charge in [0.15, 0.2) is 0 Å². The van der Waals surface area contributed by atoms with Crippen molar-refractivity contribution < 1.29 is 24.2 Å². The van der Waals surface area contributed by atoms with E-state index in [-0.39, 0.29) is 11.3 Å². The van der Waals surface area contributed by atoms with Gasteiger partial charge in [0.1, 0.15) is 23.9 Å². The molecular weight excluding hydrogens is 408 g/mol. The Bertz CT molecular complexity index is 1060. The molecule has 0 aromatic heterocycles. The highest BCUT2D eigenvalue weighted by Crippen LogP contribution is 2.41. The van der Waals surface area contributed by atoms with Crippen molar-refractivity contribution in [1.29, 1.82) is 0 Å². The summed E-state index contributed by atoms with van der Waals surface area (Å²) in [4.78, 5) is 29.6. The van der Waals surface area contributed by atoms with Crippen molar-refractivity contribution in [2.75, 3.05) is 38.8 Å². The van der Waals surface area contributed by atoms with Gasteiger partial charge in [-0.2, -0.15) is 0 Å². The summed E-state index contributed by atoms with van der Waals surface area (Å²) in [6, 6.07) is 11.9. The van der Waals surface area contributed by atoms with Crippen LogP contribution in [0.5, 0.6) is 11.5 Å². The molecule has 7 heteroatoms. The average Bonchev–Trinajstić information content (AvgIpc) is 3.07. The predicted molar refractivity (Wildman–Crippen MR) is 122 cm³/mol. The first-order chi connectivity index (χ1) is 15.5. The molecule has 2 heterocycles. The van der Waals surface area contributed by atoms with Crippen molar-refractivity contribution in [2.24, 2.45) is 0 Å². The van der Waals surface area contributed by atoms with Crippen LogP contribution in [-0.4, -0.2) is 55.6 Å². The maximum Gasteiger partial charge on any atom is 0.295 e. The number of hydrogen-bond donors (Lipinski definition) is 1. The molecule has 0 bridgehead atoms. The number of fused-ring (bicyclic) bond motifs is 1. The fourth-order valence-electron chi connectivity index (χ4n) is 4.23. The number of unbranched alkanes of at least 4 members (excludes halogenated alkanes) is 1. The van der Waals surface area contributed by atoms with Gasteiger partial charge >= 0.3 is 0 Å². The second-order valence-electron chi connectivity index (χ2n) is 8.07. The molecule has 168 valence electrons. The monoisotopic (exact) mass is 436 g/mol. The van der Waals surface area contributed by atoms with Gasteiger partial charge in [-0.05, 0) is 42.3 Å². The van der Waals surface area contributed by atoms with Gasteiger partial charge in [0, 0.05) is 19.2 Å². The number of anilines is 1. The quantitative estimate of drug-likeness (QED) is 0.422. The third kappa shape index (κ3) is 3.79. The lowest BCUT2D eigenvalue weighted by atomic mass is 9.95. The standard InChI is InChI=1S/C25H28N2O5/c1-4-5-12-27-22(16-6-9-18(31-3)10-7-16)21(24(29)25(27)30)23(28)17-8-11-20-19(15-17)26(2)13-14-32-20/h6-11,15,22,28H,4-5,12-14H2,1-3H3/b23-21-. The molecule has 0 saturated carbocycles. The van der Waals surface area contributed by atoms with Crippen molar-refractivity contribution >= 4 is 23.1 Å². The van der Waals surface area contributed by atoms with Crippen LogP contribution in [0.2, 0.25) is 0 Å². The third-order valence-electron chi connectivity index (χ3n) is 6.05. The summed E-state index contributed by atoms with van der Waals surface area (Å²) in [6.45, 7) is 3.79. The largest absolute Gasteiger partial charge is 0.507 e.